The summed E-state index contributed by atoms with van der Waals surface area (Å²) in [5.41, 5.74) is 1.30. The van der Waals surface area contributed by atoms with E-state index in [0.29, 0.717) is 12.5 Å². The normalized spacial score (nSPS) is 20.2. The van der Waals surface area contributed by atoms with E-state index in [9.17, 15) is 4.79 Å². The van der Waals surface area contributed by atoms with Crippen molar-refractivity contribution in [2.45, 2.75) is 52.1 Å². The zero-order valence-corrected chi connectivity index (χ0v) is 17.5. The molecule has 156 valence electrons. The van der Waals surface area contributed by atoms with Crippen LogP contribution in [0.3, 0.4) is 0 Å². The van der Waals surface area contributed by atoms with Gasteiger partial charge in [0.1, 0.15) is 17.4 Å². The molecule has 1 saturated heterocycles. The van der Waals surface area contributed by atoms with Crippen LogP contribution in [0, 0.1) is 0 Å². The van der Waals surface area contributed by atoms with Gasteiger partial charge in [0.15, 0.2) is 0 Å². The number of carbonyl (C=O) groups excluding carboxylic acids is 1. The Balaban J connectivity index is 1.40. The van der Waals surface area contributed by atoms with Gasteiger partial charge in [-0.1, -0.05) is 12.1 Å². The zero-order chi connectivity index (χ0) is 20.2. The van der Waals surface area contributed by atoms with E-state index >= 15 is 0 Å². The molecule has 1 unspecified atom stereocenters. The van der Waals surface area contributed by atoms with Gasteiger partial charge in [0.25, 0.3) is 0 Å². The lowest BCUT2D eigenvalue weighted by atomic mass is 9.97. The topological polar surface area (TPSA) is 63.5 Å². The quantitative estimate of drug-likeness (QED) is 0.776. The minimum absolute atomic E-state index is 0.159. The molecule has 1 amide bonds. The molecule has 2 aliphatic heterocycles. The average Bonchev–Trinajstić information content (AvgIpc) is 3.04. The number of piperidine rings is 1. The first-order valence-corrected chi connectivity index (χ1v) is 10.8. The molecule has 0 spiro atoms. The van der Waals surface area contributed by atoms with Crippen molar-refractivity contribution in [3.8, 4) is 5.75 Å². The molecule has 0 bridgehead atoms. The van der Waals surface area contributed by atoms with Crippen LogP contribution in [0.1, 0.15) is 49.8 Å². The first kappa shape index (κ1) is 19.9. The SMILES string of the molecule is CCOc1ccc(CN2CCc3nnc(C4CCCN(C(C)=O)C4)n3CC2)cc1. The van der Waals surface area contributed by atoms with Gasteiger partial charge in [-0.3, -0.25) is 9.69 Å². The second-order valence-corrected chi connectivity index (χ2v) is 8.03. The minimum atomic E-state index is 0.159. The van der Waals surface area contributed by atoms with Gasteiger partial charge >= 0.3 is 0 Å². The molecule has 0 saturated carbocycles. The maximum atomic E-state index is 11.8. The highest BCUT2D eigenvalue weighted by molar-refractivity contribution is 5.73. The molecule has 1 aromatic heterocycles. The van der Waals surface area contributed by atoms with Crippen molar-refractivity contribution in [1.29, 1.82) is 0 Å². The van der Waals surface area contributed by atoms with Crippen LogP contribution in [0.4, 0.5) is 0 Å². The summed E-state index contributed by atoms with van der Waals surface area (Å²) in [7, 11) is 0. The summed E-state index contributed by atoms with van der Waals surface area (Å²) in [4.78, 5) is 16.2. The molecule has 7 heteroatoms. The molecule has 0 N–H and O–H groups in total. The second kappa shape index (κ2) is 8.95. The second-order valence-electron chi connectivity index (χ2n) is 8.03. The third kappa shape index (κ3) is 4.61. The fourth-order valence-corrected chi connectivity index (χ4v) is 4.44. The van der Waals surface area contributed by atoms with Crippen LogP contribution in [0.2, 0.25) is 0 Å². The molecule has 2 aliphatic rings. The predicted molar refractivity (Wildman–Crippen MR) is 111 cm³/mol. The van der Waals surface area contributed by atoms with Gasteiger partial charge in [-0.25, -0.2) is 0 Å². The summed E-state index contributed by atoms with van der Waals surface area (Å²) in [5, 5.41) is 9.04. The fraction of sp³-hybridized carbons (Fsp3) is 0.591. The van der Waals surface area contributed by atoms with Gasteiger partial charge < -0.3 is 14.2 Å². The summed E-state index contributed by atoms with van der Waals surface area (Å²) >= 11 is 0. The highest BCUT2D eigenvalue weighted by Crippen LogP contribution is 2.27. The lowest BCUT2D eigenvalue weighted by Crippen LogP contribution is -2.38. The van der Waals surface area contributed by atoms with Gasteiger partial charge in [0, 0.05) is 58.5 Å². The molecule has 2 aromatic rings. The number of carbonyl (C=O) groups is 1. The first-order valence-electron chi connectivity index (χ1n) is 10.8. The van der Waals surface area contributed by atoms with Crippen LogP contribution in [0.15, 0.2) is 24.3 Å². The Bertz CT molecular complexity index is 832. The van der Waals surface area contributed by atoms with Gasteiger partial charge in [-0.15, -0.1) is 10.2 Å². The van der Waals surface area contributed by atoms with Crippen LogP contribution in [0.5, 0.6) is 5.75 Å². The Hall–Kier alpha value is -2.41. The lowest BCUT2D eigenvalue weighted by molar-refractivity contribution is -0.130. The molecule has 29 heavy (non-hydrogen) atoms. The highest BCUT2D eigenvalue weighted by Gasteiger charge is 2.29. The summed E-state index contributed by atoms with van der Waals surface area (Å²) in [6.07, 6.45) is 3.03. The molecule has 1 aromatic carbocycles. The Morgan fingerprint density at radius 2 is 1.97 bits per heavy atom. The maximum absolute atomic E-state index is 11.8. The van der Waals surface area contributed by atoms with Crippen molar-refractivity contribution in [2.75, 3.05) is 32.8 Å². The zero-order valence-electron chi connectivity index (χ0n) is 17.5. The van der Waals surface area contributed by atoms with E-state index in [4.69, 9.17) is 4.74 Å². The van der Waals surface area contributed by atoms with E-state index in [1.54, 1.807) is 6.92 Å². The molecule has 4 rings (SSSR count). The van der Waals surface area contributed by atoms with Crippen molar-refractivity contribution >= 4 is 5.91 Å². The molecule has 1 atom stereocenters. The van der Waals surface area contributed by atoms with Crippen LogP contribution < -0.4 is 4.74 Å². The largest absolute Gasteiger partial charge is 0.494 e. The van der Waals surface area contributed by atoms with E-state index in [2.05, 4.69) is 31.8 Å². The number of hydrogen-bond donors (Lipinski definition) is 0. The van der Waals surface area contributed by atoms with Crippen molar-refractivity contribution in [1.82, 2.24) is 24.6 Å². The molecule has 0 radical (unpaired) electrons. The molecular formula is C22H31N5O2. The van der Waals surface area contributed by atoms with Crippen LogP contribution in [0.25, 0.3) is 0 Å². The number of aromatic nitrogens is 3. The number of fused-ring (bicyclic) bond motifs is 1. The number of ether oxygens (including phenoxy) is 1. The lowest BCUT2D eigenvalue weighted by Gasteiger charge is -2.31. The fourth-order valence-electron chi connectivity index (χ4n) is 4.44. The predicted octanol–water partition coefficient (Wildman–Crippen LogP) is 2.46. The van der Waals surface area contributed by atoms with Gasteiger partial charge in [-0.05, 0) is 37.5 Å². The summed E-state index contributed by atoms with van der Waals surface area (Å²) < 4.78 is 7.85. The van der Waals surface area contributed by atoms with Gasteiger partial charge in [0.05, 0.1) is 6.61 Å². The Morgan fingerprint density at radius 3 is 2.72 bits per heavy atom. The van der Waals surface area contributed by atoms with Gasteiger partial charge in [0.2, 0.25) is 5.91 Å². The summed E-state index contributed by atoms with van der Waals surface area (Å²) in [5.74, 6) is 3.52. The van der Waals surface area contributed by atoms with Crippen molar-refractivity contribution in [3.63, 3.8) is 0 Å². The number of rotatable bonds is 5. The van der Waals surface area contributed by atoms with E-state index in [-0.39, 0.29) is 5.91 Å². The van der Waals surface area contributed by atoms with Crippen LogP contribution in [-0.2, 0) is 24.3 Å². The number of amides is 1. The molecule has 7 nitrogen and oxygen atoms in total. The third-order valence-corrected chi connectivity index (χ3v) is 6.02. The number of hydrogen-bond acceptors (Lipinski definition) is 5. The third-order valence-electron chi connectivity index (χ3n) is 6.02. The molecule has 3 heterocycles. The van der Waals surface area contributed by atoms with E-state index in [0.717, 1.165) is 75.9 Å². The van der Waals surface area contributed by atoms with Crippen molar-refractivity contribution in [3.05, 3.63) is 41.5 Å². The smallest absolute Gasteiger partial charge is 0.219 e. The van der Waals surface area contributed by atoms with E-state index < -0.39 is 0 Å². The first-order chi connectivity index (χ1) is 14.1. The number of nitrogens with zero attached hydrogens (tertiary/aromatic N) is 5. The Kier molecular flexibility index (Phi) is 6.13. The van der Waals surface area contributed by atoms with Crippen LogP contribution in [-0.4, -0.2) is 63.3 Å². The maximum Gasteiger partial charge on any atom is 0.219 e. The molecule has 1 fully saturated rings. The molecule has 0 aliphatic carbocycles. The molecular weight excluding hydrogens is 366 g/mol. The van der Waals surface area contributed by atoms with Gasteiger partial charge in [-0.2, -0.15) is 0 Å². The Morgan fingerprint density at radius 1 is 1.14 bits per heavy atom. The number of benzene rings is 1. The highest BCUT2D eigenvalue weighted by atomic mass is 16.5. The Labute approximate surface area is 172 Å². The van der Waals surface area contributed by atoms with Crippen LogP contribution >= 0.6 is 0 Å². The number of likely N-dealkylation sites (tertiary alicyclic amines) is 1. The minimum Gasteiger partial charge on any atom is -0.494 e. The average molecular weight is 398 g/mol. The summed E-state index contributed by atoms with van der Waals surface area (Å²) in [6.45, 7) is 9.79. The van der Waals surface area contributed by atoms with Crippen molar-refractivity contribution < 1.29 is 9.53 Å². The summed E-state index contributed by atoms with van der Waals surface area (Å²) in [6, 6.07) is 8.40. The standard InChI is InChI=1S/C22H31N5O2/c1-3-29-20-8-6-18(7-9-20)15-25-12-10-21-23-24-22(27(21)14-13-25)19-5-4-11-26(16-19)17(2)28/h6-9,19H,3-5,10-16H2,1-2H3. The monoisotopic (exact) mass is 397 g/mol. The van der Waals surface area contributed by atoms with E-state index in [1.807, 2.05) is 24.0 Å². The van der Waals surface area contributed by atoms with E-state index in [1.165, 1.54) is 5.56 Å². The van der Waals surface area contributed by atoms with Crippen molar-refractivity contribution in [2.24, 2.45) is 0 Å².